The number of piperidine rings is 1. The summed E-state index contributed by atoms with van der Waals surface area (Å²) >= 11 is 0. The molecule has 2 bridgehead atoms. The van der Waals surface area contributed by atoms with Gasteiger partial charge in [-0.05, 0) is 57.3 Å². The molecule has 1 aliphatic carbocycles. The Bertz CT molecular complexity index is 338. The minimum Gasteiger partial charge on any atom is -0.393 e. The van der Waals surface area contributed by atoms with E-state index in [1.165, 1.54) is 12.8 Å². The average molecular weight is 280 g/mol. The molecule has 2 N–H and O–H groups in total. The lowest BCUT2D eigenvalue weighted by Crippen LogP contribution is -2.50. The van der Waals surface area contributed by atoms with Crippen molar-refractivity contribution in [3.63, 3.8) is 0 Å². The van der Waals surface area contributed by atoms with E-state index in [1.54, 1.807) is 0 Å². The molecule has 4 nitrogen and oxygen atoms in total. The topological polar surface area (TPSA) is 52.6 Å². The normalized spacial score (nSPS) is 41.6. The molecular formula is C16H28N2O2. The summed E-state index contributed by atoms with van der Waals surface area (Å²) in [6, 6.07) is 1.26. The molecule has 2 saturated heterocycles. The fraction of sp³-hybridized carbons (Fsp3) is 0.938. The predicted molar refractivity (Wildman–Crippen MR) is 78.3 cm³/mol. The maximum Gasteiger partial charge on any atom is 0.234 e. The van der Waals surface area contributed by atoms with Gasteiger partial charge in [0.1, 0.15) is 0 Å². The Kier molecular flexibility index (Phi) is 4.32. The lowest BCUT2D eigenvalue weighted by Gasteiger charge is -2.37. The number of aliphatic hydroxyl groups is 1. The molecule has 3 fully saturated rings. The highest BCUT2D eigenvalue weighted by Gasteiger charge is 2.40. The zero-order valence-corrected chi connectivity index (χ0v) is 12.6. The quantitative estimate of drug-likeness (QED) is 0.827. The molecule has 2 aliphatic heterocycles. The van der Waals surface area contributed by atoms with Gasteiger partial charge in [0.2, 0.25) is 5.91 Å². The Balaban J connectivity index is 1.47. The summed E-state index contributed by atoms with van der Waals surface area (Å²) in [6.45, 7) is 2.84. The Hall–Kier alpha value is -0.610. The maximum atomic E-state index is 12.2. The van der Waals surface area contributed by atoms with Gasteiger partial charge in [-0.25, -0.2) is 0 Å². The summed E-state index contributed by atoms with van der Waals surface area (Å²) in [5.41, 5.74) is 0. The summed E-state index contributed by atoms with van der Waals surface area (Å²) in [5.74, 6) is 1.01. The minimum absolute atomic E-state index is 0.147. The van der Waals surface area contributed by atoms with Gasteiger partial charge < -0.3 is 10.4 Å². The number of carbonyl (C=O) groups excluding carboxylic acids is 1. The number of aliphatic hydroxyl groups excluding tert-OH is 1. The van der Waals surface area contributed by atoms with Crippen LogP contribution in [0.1, 0.15) is 58.3 Å². The number of hydrogen-bond acceptors (Lipinski definition) is 3. The van der Waals surface area contributed by atoms with Crippen molar-refractivity contribution in [2.24, 2.45) is 5.92 Å². The molecule has 114 valence electrons. The summed E-state index contributed by atoms with van der Waals surface area (Å²) in [6.07, 6.45) is 8.61. The van der Waals surface area contributed by atoms with E-state index >= 15 is 0 Å². The molecule has 0 aromatic heterocycles. The zero-order chi connectivity index (χ0) is 14.1. The number of rotatable bonds is 3. The van der Waals surface area contributed by atoms with Gasteiger partial charge in [-0.1, -0.05) is 6.92 Å². The first-order valence-corrected chi connectivity index (χ1v) is 8.35. The largest absolute Gasteiger partial charge is 0.393 e. The van der Waals surface area contributed by atoms with Crippen LogP contribution in [0.15, 0.2) is 0 Å². The fourth-order valence-corrected chi connectivity index (χ4v) is 4.35. The highest BCUT2D eigenvalue weighted by atomic mass is 16.3. The van der Waals surface area contributed by atoms with E-state index in [0.717, 1.165) is 44.4 Å². The highest BCUT2D eigenvalue weighted by Crippen LogP contribution is 2.35. The molecule has 0 radical (unpaired) electrons. The second kappa shape index (κ2) is 6.02. The van der Waals surface area contributed by atoms with Crippen LogP contribution in [0.5, 0.6) is 0 Å². The van der Waals surface area contributed by atoms with Gasteiger partial charge in [0.15, 0.2) is 0 Å². The van der Waals surface area contributed by atoms with Crippen molar-refractivity contribution >= 4 is 5.91 Å². The number of nitrogens with zero attached hydrogens (tertiary/aromatic N) is 1. The first kappa shape index (κ1) is 14.3. The SMILES string of the molecule is CC1CCC(NC(=O)CN2C3CCC2CC(O)C3)CC1. The summed E-state index contributed by atoms with van der Waals surface area (Å²) < 4.78 is 0. The van der Waals surface area contributed by atoms with Crippen molar-refractivity contribution in [1.82, 2.24) is 10.2 Å². The fourth-order valence-electron chi connectivity index (χ4n) is 4.35. The highest BCUT2D eigenvalue weighted by molar-refractivity contribution is 5.78. The van der Waals surface area contributed by atoms with Crippen molar-refractivity contribution < 1.29 is 9.90 Å². The molecule has 2 unspecified atom stereocenters. The number of carbonyl (C=O) groups is 1. The number of nitrogens with one attached hydrogen (secondary N) is 1. The van der Waals surface area contributed by atoms with Gasteiger partial charge in [0.05, 0.1) is 12.6 Å². The van der Waals surface area contributed by atoms with Crippen molar-refractivity contribution in [2.45, 2.75) is 82.5 Å². The molecule has 1 saturated carbocycles. The van der Waals surface area contributed by atoms with Crippen LogP contribution in [-0.2, 0) is 4.79 Å². The van der Waals surface area contributed by atoms with Crippen LogP contribution in [0.3, 0.4) is 0 Å². The Morgan fingerprint density at radius 2 is 1.70 bits per heavy atom. The van der Waals surface area contributed by atoms with E-state index in [-0.39, 0.29) is 12.0 Å². The second-order valence-corrected chi connectivity index (χ2v) is 7.21. The molecule has 0 aromatic rings. The van der Waals surface area contributed by atoms with Crippen LogP contribution >= 0.6 is 0 Å². The Labute approximate surface area is 121 Å². The Morgan fingerprint density at radius 3 is 2.30 bits per heavy atom. The average Bonchev–Trinajstić information content (AvgIpc) is 2.65. The minimum atomic E-state index is -0.147. The summed E-state index contributed by atoms with van der Waals surface area (Å²) in [4.78, 5) is 14.6. The maximum absolute atomic E-state index is 12.2. The second-order valence-electron chi connectivity index (χ2n) is 7.21. The summed E-state index contributed by atoms with van der Waals surface area (Å²) in [7, 11) is 0. The third-order valence-electron chi connectivity index (χ3n) is 5.57. The van der Waals surface area contributed by atoms with Gasteiger partial charge in [0, 0.05) is 18.1 Å². The van der Waals surface area contributed by atoms with Crippen molar-refractivity contribution in [3.05, 3.63) is 0 Å². The molecular weight excluding hydrogens is 252 g/mol. The van der Waals surface area contributed by atoms with Crippen LogP contribution in [0, 0.1) is 5.92 Å². The lowest BCUT2D eigenvalue weighted by molar-refractivity contribution is -0.125. The van der Waals surface area contributed by atoms with Gasteiger partial charge >= 0.3 is 0 Å². The van der Waals surface area contributed by atoms with Gasteiger partial charge in [-0.2, -0.15) is 0 Å². The standard InChI is InChI=1S/C16H28N2O2/c1-11-2-4-12(5-3-11)17-16(20)10-18-13-6-7-14(18)9-15(19)8-13/h11-15,19H,2-10H2,1H3,(H,17,20). The van der Waals surface area contributed by atoms with Crippen LogP contribution < -0.4 is 5.32 Å². The molecule has 0 spiro atoms. The van der Waals surface area contributed by atoms with E-state index in [4.69, 9.17) is 0 Å². The predicted octanol–water partition coefficient (Wildman–Crippen LogP) is 1.67. The van der Waals surface area contributed by atoms with E-state index in [1.807, 2.05) is 0 Å². The third kappa shape index (κ3) is 3.17. The molecule has 2 atom stereocenters. The number of amides is 1. The van der Waals surface area contributed by atoms with Gasteiger partial charge in [-0.15, -0.1) is 0 Å². The van der Waals surface area contributed by atoms with E-state index < -0.39 is 0 Å². The molecule has 4 heteroatoms. The zero-order valence-electron chi connectivity index (χ0n) is 12.6. The summed E-state index contributed by atoms with van der Waals surface area (Å²) in [5, 5.41) is 13.0. The molecule has 20 heavy (non-hydrogen) atoms. The van der Waals surface area contributed by atoms with Crippen LogP contribution in [0.4, 0.5) is 0 Å². The first-order valence-electron chi connectivity index (χ1n) is 8.35. The monoisotopic (exact) mass is 280 g/mol. The smallest absolute Gasteiger partial charge is 0.234 e. The van der Waals surface area contributed by atoms with Crippen molar-refractivity contribution in [2.75, 3.05) is 6.54 Å². The van der Waals surface area contributed by atoms with Crippen LogP contribution in [0.25, 0.3) is 0 Å². The van der Waals surface area contributed by atoms with Crippen molar-refractivity contribution in [1.29, 1.82) is 0 Å². The molecule has 3 rings (SSSR count). The van der Waals surface area contributed by atoms with E-state index in [0.29, 0.717) is 24.7 Å². The van der Waals surface area contributed by atoms with Gasteiger partial charge in [-0.3, -0.25) is 9.69 Å². The first-order chi connectivity index (χ1) is 9.61. The molecule has 0 aromatic carbocycles. The lowest BCUT2D eigenvalue weighted by atomic mass is 9.87. The molecule has 2 heterocycles. The van der Waals surface area contributed by atoms with Crippen LogP contribution in [-0.4, -0.2) is 46.7 Å². The van der Waals surface area contributed by atoms with Crippen LogP contribution in [0.2, 0.25) is 0 Å². The van der Waals surface area contributed by atoms with E-state index in [9.17, 15) is 9.90 Å². The number of fused-ring (bicyclic) bond motifs is 2. The van der Waals surface area contributed by atoms with E-state index in [2.05, 4.69) is 17.1 Å². The molecule has 3 aliphatic rings. The van der Waals surface area contributed by atoms with Gasteiger partial charge in [0.25, 0.3) is 0 Å². The Morgan fingerprint density at radius 1 is 1.10 bits per heavy atom. The number of hydrogen-bond donors (Lipinski definition) is 2. The molecule has 1 amide bonds. The van der Waals surface area contributed by atoms with Crippen molar-refractivity contribution in [3.8, 4) is 0 Å². The third-order valence-corrected chi connectivity index (χ3v) is 5.57.